The van der Waals surface area contributed by atoms with Crippen molar-refractivity contribution in [1.82, 2.24) is 10.6 Å². The van der Waals surface area contributed by atoms with Gasteiger partial charge in [0.05, 0.1) is 4.75 Å². The van der Waals surface area contributed by atoms with Gasteiger partial charge in [0, 0.05) is 13.1 Å². The van der Waals surface area contributed by atoms with Crippen LogP contribution >= 0.6 is 11.8 Å². The summed E-state index contributed by atoms with van der Waals surface area (Å²) in [6.07, 6.45) is 6.58. The molecule has 2 N–H and O–H groups in total. The van der Waals surface area contributed by atoms with Gasteiger partial charge in [-0.25, -0.2) is 0 Å². The third-order valence-electron chi connectivity index (χ3n) is 3.59. The Morgan fingerprint density at radius 3 is 3.18 bits per heavy atom. The predicted octanol–water partition coefficient (Wildman–Crippen LogP) is 1.70. The van der Waals surface area contributed by atoms with E-state index >= 15 is 0 Å². The molecule has 1 fully saturated rings. The highest BCUT2D eigenvalue weighted by Crippen LogP contribution is 2.37. The largest absolute Gasteiger partial charge is 0.355 e. The maximum atomic E-state index is 12.0. The van der Waals surface area contributed by atoms with Gasteiger partial charge in [-0.15, -0.1) is 11.8 Å². The van der Waals surface area contributed by atoms with E-state index in [1.165, 1.54) is 12.0 Å². The van der Waals surface area contributed by atoms with Crippen LogP contribution in [0.2, 0.25) is 0 Å². The van der Waals surface area contributed by atoms with Crippen molar-refractivity contribution < 1.29 is 4.79 Å². The van der Waals surface area contributed by atoms with Crippen molar-refractivity contribution >= 4 is 17.7 Å². The Morgan fingerprint density at radius 1 is 1.65 bits per heavy atom. The maximum absolute atomic E-state index is 12.0. The summed E-state index contributed by atoms with van der Waals surface area (Å²) in [5.41, 5.74) is 1.48. The van der Waals surface area contributed by atoms with Gasteiger partial charge in [0.1, 0.15) is 0 Å². The van der Waals surface area contributed by atoms with E-state index in [1.807, 2.05) is 0 Å². The number of hydrogen-bond acceptors (Lipinski definition) is 3. The highest BCUT2D eigenvalue weighted by molar-refractivity contribution is 8.01. The molecular formula is C13H22N2OS. The molecule has 0 aromatic rings. The monoisotopic (exact) mass is 254 g/mol. The average Bonchev–Trinajstić information content (AvgIpc) is 2.79. The molecule has 2 aliphatic rings. The zero-order valence-electron chi connectivity index (χ0n) is 10.6. The van der Waals surface area contributed by atoms with Crippen LogP contribution in [0, 0.1) is 0 Å². The Labute approximate surface area is 108 Å². The van der Waals surface area contributed by atoms with Crippen molar-refractivity contribution in [2.45, 2.75) is 37.4 Å². The number of amides is 1. The zero-order valence-corrected chi connectivity index (χ0v) is 11.4. The standard InChI is InChI=1S/C13H22N2OS/c1-13(6-2-10-17-13)12(16)15-9-5-11-3-7-14-8-4-11/h3,14H,2,4-10H2,1H3,(H,15,16). The molecule has 1 amide bonds. The summed E-state index contributed by atoms with van der Waals surface area (Å²) in [4.78, 5) is 12.0. The van der Waals surface area contributed by atoms with Gasteiger partial charge >= 0.3 is 0 Å². The van der Waals surface area contributed by atoms with E-state index in [-0.39, 0.29) is 10.7 Å². The number of carbonyl (C=O) groups excluding carboxylic acids is 1. The van der Waals surface area contributed by atoms with Crippen LogP contribution < -0.4 is 10.6 Å². The van der Waals surface area contributed by atoms with E-state index in [1.54, 1.807) is 11.8 Å². The summed E-state index contributed by atoms with van der Waals surface area (Å²) < 4.78 is -0.164. The van der Waals surface area contributed by atoms with Gasteiger partial charge in [0.25, 0.3) is 0 Å². The molecule has 0 aliphatic carbocycles. The Bertz CT molecular complexity index is 309. The first-order chi connectivity index (χ1) is 8.21. The summed E-state index contributed by atoms with van der Waals surface area (Å²) >= 11 is 1.80. The first-order valence-corrected chi connectivity index (χ1v) is 7.50. The minimum atomic E-state index is -0.164. The number of rotatable bonds is 4. The van der Waals surface area contributed by atoms with Gasteiger partial charge in [-0.05, 0) is 44.9 Å². The van der Waals surface area contributed by atoms with Gasteiger partial charge in [0.2, 0.25) is 5.91 Å². The summed E-state index contributed by atoms with van der Waals surface area (Å²) in [6, 6.07) is 0. The Hall–Kier alpha value is -0.480. The zero-order chi connectivity index (χ0) is 12.1. The van der Waals surface area contributed by atoms with Crippen LogP contribution in [0.25, 0.3) is 0 Å². The highest BCUT2D eigenvalue weighted by Gasteiger charge is 2.36. The van der Waals surface area contributed by atoms with Crippen LogP contribution in [-0.4, -0.2) is 36.0 Å². The number of hydrogen-bond donors (Lipinski definition) is 2. The summed E-state index contributed by atoms with van der Waals surface area (Å²) in [5.74, 6) is 1.36. The molecule has 0 bridgehead atoms. The van der Waals surface area contributed by atoms with Crippen molar-refractivity contribution in [2.75, 3.05) is 25.4 Å². The van der Waals surface area contributed by atoms with Crippen LogP contribution in [0.4, 0.5) is 0 Å². The molecule has 4 heteroatoms. The lowest BCUT2D eigenvalue weighted by Crippen LogP contribution is -2.40. The Kier molecular flexibility index (Phi) is 4.51. The molecule has 1 unspecified atom stereocenters. The fraction of sp³-hybridized carbons (Fsp3) is 0.769. The van der Waals surface area contributed by atoms with E-state index in [4.69, 9.17) is 0 Å². The van der Waals surface area contributed by atoms with Crippen LogP contribution in [0.5, 0.6) is 0 Å². The fourth-order valence-corrected chi connectivity index (χ4v) is 3.61. The van der Waals surface area contributed by atoms with Gasteiger partial charge in [-0.3, -0.25) is 4.79 Å². The molecule has 2 heterocycles. The van der Waals surface area contributed by atoms with Gasteiger partial charge in [-0.2, -0.15) is 0 Å². The fourth-order valence-electron chi connectivity index (χ4n) is 2.38. The number of thioether (sulfide) groups is 1. The quantitative estimate of drug-likeness (QED) is 0.750. The number of nitrogens with one attached hydrogen (secondary N) is 2. The lowest BCUT2D eigenvalue weighted by molar-refractivity contribution is -0.123. The second kappa shape index (κ2) is 5.91. The topological polar surface area (TPSA) is 41.1 Å². The molecule has 1 saturated heterocycles. The SMILES string of the molecule is CC1(C(=O)NCCC2=CCNCC2)CCCS1. The molecule has 0 radical (unpaired) electrons. The third-order valence-corrected chi connectivity index (χ3v) is 5.11. The second-order valence-electron chi connectivity index (χ2n) is 5.01. The summed E-state index contributed by atoms with van der Waals surface area (Å²) in [7, 11) is 0. The van der Waals surface area contributed by atoms with Crippen LogP contribution in [-0.2, 0) is 4.79 Å². The predicted molar refractivity (Wildman–Crippen MR) is 73.3 cm³/mol. The third kappa shape index (κ3) is 3.49. The molecule has 0 saturated carbocycles. The van der Waals surface area contributed by atoms with Crippen molar-refractivity contribution in [3.05, 3.63) is 11.6 Å². The molecular weight excluding hydrogens is 232 g/mol. The molecule has 0 aromatic carbocycles. The minimum absolute atomic E-state index is 0.164. The van der Waals surface area contributed by atoms with Crippen LogP contribution in [0.3, 0.4) is 0 Å². The smallest absolute Gasteiger partial charge is 0.235 e. The van der Waals surface area contributed by atoms with Crippen molar-refractivity contribution in [3.63, 3.8) is 0 Å². The first kappa shape index (κ1) is 13.0. The second-order valence-corrected chi connectivity index (χ2v) is 6.60. The molecule has 3 nitrogen and oxygen atoms in total. The summed E-state index contributed by atoms with van der Waals surface area (Å²) in [5, 5.41) is 6.39. The van der Waals surface area contributed by atoms with E-state index in [9.17, 15) is 4.79 Å². The van der Waals surface area contributed by atoms with Crippen LogP contribution in [0.15, 0.2) is 11.6 Å². The number of carbonyl (C=O) groups is 1. The highest BCUT2D eigenvalue weighted by atomic mass is 32.2. The van der Waals surface area contributed by atoms with Gasteiger partial charge in [0.15, 0.2) is 0 Å². The molecule has 0 spiro atoms. The van der Waals surface area contributed by atoms with Gasteiger partial charge in [-0.1, -0.05) is 11.6 Å². The van der Waals surface area contributed by atoms with Gasteiger partial charge < -0.3 is 10.6 Å². The summed E-state index contributed by atoms with van der Waals surface area (Å²) in [6.45, 7) is 4.93. The van der Waals surface area contributed by atoms with E-state index in [0.717, 1.165) is 44.6 Å². The van der Waals surface area contributed by atoms with E-state index in [0.29, 0.717) is 0 Å². The molecule has 1 atom stereocenters. The molecule has 96 valence electrons. The molecule has 2 aliphatic heterocycles. The molecule has 0 aromatic heterocycles. The average molecular weight is 254 g/mol. The lowest BCUT2D eigenvalue weighted by atomic mass is 10.0. The van der Waals surface area contributed by atoms with Crippen molar-refractivity contribution in [2.24, 2.45) is 0 Å². The van der Waals surface area contributed by atoms with E-state index < -0.39 is 0 Å². The maximum Gasteiger partial charge on any atom is 0.235 e. The van der Waals surface area contributed by atoms with Crippen molar-refractivity contribution in [1.29, 1.82) is 0 Å². The first-order valence-electron chi connectivity index (χ1n) is 6.52. The Balaban J connectivity index is 1.71. The Morgan fingerprint density at radius 2 is 2.53 bits per heavy atom. The van der Waals surface area contributed by atoms with Crippen molar-refractivity contribution in [3.8, 4) is 0 Å². The minimum Gasteiger partial charge on any atom is -0.355 e. The molecule has 17 heavy (non-hydrogen) atoms. The lowest BCUT2D eigenvalue weighted by Gasteiger charge is -2.22. The normalized spacial score (nSPS) is 28.9. The molecule has 2 rings (SSSR count). The van der Waals surface area contributed by atoms with Crippen LogP contribution in [0.1, 0.15) is 32.6 Å². The van der Waals surface area contributed by atoms with E-state index in [2.05, 4.69) is 23.6 Å².